The Balaban J connectivity index is 1.60. The van der Waals surface area contributed by atoms with E-state index in [-0.39, 0.29) is 5.91 Å². The topological polar surface area (TPSA) is 60.9 Å². The first kappa shape index (κ1) is 21.4. The van der Waals surface area contributed by atoms with Gasteiger partial charge in [-0.3, -0.25) is 4.79 Å². The number of carbonyl (C=O) groups is 1. The van der Waals surface area contributed by atoms with Gasteiger partial charge in [-0.25, -0.2) is 4.98 Å². The lowest BCUT2D eigenvalue weighted by molar-refractivity contribution is -0.113. The summed E-state index contributed by atoms with van der Waals surface area (Å²) in [6.45, 7) is 2.41. The van der Waals surface area contributed by atoms with Crippen LogP contribution >= 0.6 is 11.3 Å². The minimum Gasteiger partial charge on any atom is -0.493 e. The zero-order chi connectivity index (χ0) is 21.5. The van der Waals surface area contributed by atoms with Crippen LogP contribution in [0.2, 0.25) is 0 Å². The van der Waals surface area contributed by atoms with Crippen molar-refractivity contribution in [3.63, 3.8) is 0 Å². The third-order valence-corrected chi connectivity index (χ3v) is 5.26. The molecule has 0 spiro atoms. The van der Waals surface area contributed by atoms with E-state index >= 15 is 0 Å². The highest BCUT2D eigenvalue weighted by Crippen LogP contribution is 2.31. The molecule has 1 aromatic heterocycles. The molecular formula is C23H24N2O4S. The van der Waals surface area contributed by atoms with Crippen LogP contribution in [-0.4, -0.2) is 32.2 Å². The predicted octanol–water partition coefficient (Wildman–Crippen LogP) is 4.72. The molecule has 0 radical (unpaired) electrons. The molecule has 0 atom stereocenters. The number of ether oxygens (including phenoxy) is 3. The number of thiazole rings is 1. The molecule has 6 nitrogen and oxygen atoms in total. The van der Waals surface area contributed by atoms with E-state index in [0.29, 0.717) is 23.8 Å². The quantitative estimate of drug-likeness (QED) is 0.490. The van der Waals surface area contributed by atoms with Crippen molar-refractivity contribution in [1.29, 1.82) is 0 Å². The van der Waals surface area contributed by atoms with E-state index in [1.165, 1.54) is 6.08 Å². The molecule has 7 heteroatoms. The molecule has 0 aliphatic heterocycles. The average molecular weight is 425 g/mol. The Kier molecular flexibility index (Phi) is 7.08. The summed E-state index contributed by atoms with van der Waals surface area (Å²) in [5.74, 6) is 1.79. The minimum absolute atomic E-state index is 0.151. The van der Waals surface area contributed by atoms with Crippen LogP contribution in [-0.2, 0) is 11.4 Å². The molecule has 0 saturated heterocycles. The second kappa shape index (κ2) is 9.93. The average Bonchev–Trinajstić information content (AvgIpc) is 3.20. The standard InChI is InChI=1S/C23H24N2O4S/c1-16-24-18(15-30-16)14-29-20-9-5-17(6-10-20)7-12-23(26)25(2)19-8-11-21(27-3)22(13-19)28-4/h5-13,15H,14H2,1-4H3/b12-7+. The van der Waals surface area contributed by atoms with Gasteiger partial charge in [-0.05, 0) is 42.8 Å². The Bertz CT molecular complexity index is 1030. The zero-order valence-corrected chi connectivity index (χ0v) is 18.2. The largest absolute Gasteiger partial charge is 0.493 e. The summed E-state index contributed by atoms with van der Waals surface area (Å²) in [5.41, 5.74) is 2.54. The molecule has 30 heavy (non-hydrogen) atoms. The van der Waals surface area contributed by atoms with Gasteiger partial charge in [0.25, 0.3) is 5.91 Å². The summed E-state index contributed by atoms with van der Waals surface area (Å²) in [5, 5.41) is 3.02. The fourth-order valence-corrected chi connectivity index (χ4v) is 3.34. The van der Waals surface area contributed by atoms with Crippen LogP contribution in [0.1, 0.15) is 16.3 Å². The Labute approximate surface area is 180 Å². The number of anilines is 1. The summed E-state index contributed by atoms with van der Waals surface area (Å²) in [6, 6.07) is 12.9. The van der Waals surface area contributed by atoms with E-state index in [2.05, 4.69) is 4.98 Å². The third kappa shape index (κ3) is 5.39. The smallest absolute Gasteiger partial charge is 0.250 e. The van der Waals surface area contributed by atoms with E-state index in [4.69, 9.17) is 14.2 Å². The fraction of sp³-hybridized carbons (Fsp3) is 0.217. The number of hydrogen-bond acceptors (Lipinski definition) is 6. The number of nitrogens with zero attached hydrogens (tertiary/aromatic N) is 2. The van der Waals surface area contributed by atoms with E-state index in [1.807, 2.05) is 42.6 Å². The number of methoxy groups -OCH3 is 2. The van der Waals surface area contributed by atoms with Crippen LogP contribution in [0.4, 0.5) is 5.69 Å². The number of carbonyl (C=O) groups excluding carboxylic acids is 1. The molecule has 0 fully saturated rings. The molecular weight excluding hydrogens is 400 g/mol. The molecule has 0 saturated carbocycles. The summed E-state index contributed by atoms with van der Waals surface area (Å²) < 4.78 is 16.3. The van der Waals surface area contributed by atoms with Crippen LogP contribution in [0, 0.1) is 6.92 Å². The van der Waals surface area contributed by atoms with Crippen LogP contribution in [0.5, 0.6) is 17.2 Å². The van der Waals surface area contributed by atoms with Crippen molar-refractivity contribution in [2.24, 2.45) is 0 Å². The fourth-order valence-electron chi connectivity index (χ4n) is 2.75. The Hall–Kier alpha value is -3.32. The van der Waals surface area contributed by atoms with Crippen LogP contribution < -0.4 is 19.1 Å². The maximum absolute atomic E-state index is 12.5. The van der Waals surface area contributed by atoms with Gasteiger partial charge in [0.15, 0.2) is 11.5 Å². The highest BCUT2D eigenvalue weighted by molar-refractivity contribution is 7.09. The molecule has 0 aliphatic carbocycles. The highest BCUT2D eigenvalue weighted by Gasteiger charge is 2.11. The number of likely N-dealkylation sites (N-methyl/N-ethyl adjacent to an activating group) is 1. The summed E-state index contributed by atoms with van der Waals surface area (Å²) >= 11 is 1.61. The molecule has 0 aliphatic rings. The molecule has 0 bridgehead atoms. The van der Waals surface area contributed by atoms with Crippen molar-refractivity contribution in [3.8, 4) is 17.2 Å². The van der Waals surface area contributed by atoms with Gasteiger partial charge in [0.2, 0.25) is 0 Å². The number of aryl methyl sites for hydroxylation is 1. The van der Waals surface area contributed by atoms with Gasteiger partial charge in [-0.1, -0.05) is 12.1 Å². The highest BCUT2D eigenvalue weighted by atomic mass is 32.1. The van der Waals surface area contributed by atoms with E-state index in [9.17, 15) is 4.79 Å². The van der Waals surface area contributed by atoms with Crippen LogP contribution in [0.3, 0.4) is 0 Å². The number of benzene rings is 2. The van der Waals surface area contributed by atoms with Crippen molar-refractivity contribution in [1.82, 2.24) is 4.98 Å². The lowest BCUT2D eigenvalue weighted by Crippen LogP contribution is -2.23. The molecule has 1 amide bonds. The Morgan fingerprint density at radius 2 is 1.83 bits per heavy atom. The van der Waals surface area contributed by atoms with Gasteiger partial charge in [-0.2, -0.15) is 0 Å². The number of amides is 1. The van der Waals surface area contributed by atoms with Crippen LogP contribution in [0.15, 0.2) is 53.9 Å². The second-order valence-electron chi connectivity index (χ2n) is 6.49. The second-order valence-corrected chi connectivity index (χ2v) is 7.55. The van der Waals surface area contributed by atoms with Gasteiger partial charge >= 0.3 is 0 Å². The van der Waals surface area contributed by atoms with Gasteiger partial charge in [-0.15, -0.1) is 11.3 Å². The van der Waals surface area contributed by atoms with Crippen LogP contribution in [0.25, 0.3) is 6.08 Å². The molecule has 0 N–H and O–H groups in total. The minimum atomic E-state index is -0.151. The molecule has 2 aromatic carbocycles. The molecule has 3 aromatic rings. The lowest BCUT2D eigenvalue weighted by Gasteiger charge is -2.17. The van der Waals surface area contributed by atoms with Gasteiger partial charge < -0.3 is 19.1 Å². The normalized spacial score (nSPS) is 10.8. The number of rotatable bonds is 8. The van der Waals surface area contributed by atoms with Gasteiger partial charge in [0.1, 0.15) is 12.4 Å². The van der Waals surface area contributed by atoms with E-state index in [1.54, 1.807) is 55.7 Å². The maximum Gasteiger partial charge on any atom is 0.250 e. The monoisotopic (exact) mass is 424 g/mol. The van der Waals surface area contributed by atoms with Crippen molar-refractivity contribution in [2.75, 3.05) is 26.2 Å². The first-order chi connectivity index (χ1) is 14.5. The summed E-state index contributed by atoms with van der Waals surface area (Å²) in [4.78, 5) is 18.5. The summed E-state index contributed by atoms with van der Waals surface area (Å²) in [7, 11) is 4.85. The lowest BCUT2D eigenvalue weighted by atomic mass is 10.2. The Morgan fingerprint density at radius 3 is 2.47 bits per heavy atom. The predicted molar refractivity (Wildman–Crippen MR) is 120 cm³/mol. The first-order valence-corrected chi connectivity index (χ1v) is 10.2. The summed E-state index contributed by atoms with van der Waals surface area (Å²) in [6.07, 6.45) is 3.30. The Morgan fingerprint density at radius 1 is 1.10 bits per heavy atom. The molecule has 1 heterocycles. The number of hydrogen-bond donors (Lipinski definition) is 0. The van der Waals surface area contributed by atoms with Crippen molar-refractivity contribution >= 4 is 29.0 Å². The SMILES string of the molecule is COc1ccc(N(C)C(=O)/C=C/c2ccc(OCc3csc(C)n3)cc2)cc1OC. The van der Waals surface area contributed by atoms with Crippen molar-refractivity contribution in [3.05, 3.63) is 70.2 Å². The first-order valence-electron chi connectivity index (χ1n) is 9.32. The molecule has 3 rings (SSSR count). The van der Waals surface area contributed by atoms with Crippen molar-refractivity contribution < 1.29 is 19.0 Å². The van der Waals surface area contributed by atoms with Gasteiger partial charge in [0, 0.05) is 30.3 Å². The molecule has 156 valence electrons. The van der Waals surface area contributed by atoms with Crippen molar-refractivity contribution in [2.45, 2.75) is 13.5 Å². The zero-order valence-electron chi connectivity index (χ0n) is 17.4. The maximum atomic E-state index is 12.5. The van der Waals surface area contributed by atoms with E-state index < -0.39 is 0 Å². The van der Waals surface area contributed by atoms with E-state index in [0.717, 1.165) is 22.0 Å². The number of aromatic nitrogens is 1. The van der Waals surface area contributed by atoms with Gasteiger partial charge in [0.05, 0.1) is 24.9 Å². The third-order valence-electron chi connectivity index (χ3n) is 4.44. The molecule has 0 unspecified atom stereocenters.